The zero-order valence-corrected chi connectivity index (χ0v) is 22.6. The summed E-state index contributed by atoms with van der Waals surface area (Å²) in [5, 5.41) is 16.8. The first-order valence-electron chi connectivity index (χ1n) is 13.2. The molecule has 3 aliphatic rings. The number of rotatable bonds is 8. The Bertz CT molecular complexity index is 1220. The molecule has 2 bridgehead atoms. The fourth-order valence-electron chi connectivity index (χ4n) is 6.82. The summed E-state index contributed by atoms with van der Waals surface area (Å²) >= 11 is 6.02. The van der Waals surface area contributed by atoms with Gasteiger partial charge in [-0.1, -0.05) is 50.6 Å². The van der Waals surface area contributed by atoms with Crippen LogP contribution in [0.3, 0.4) is 0 Å². The first-order chi connectivity index (χ1) is 18.2. The van der Waals surface area contributed by atoms with Gasteiger partial charge in [0.1, 0.15) is 11.6 Å². The Hall–Kier alpha value is -2.94. The van der Waals surface area contributed by atoms with Crippen molar-refractivity contribution in [1.29, 1.82) is 0 Å². The van der Waals surface area contributed by atoms with E-state index in [1.807, 2.05) is 39.0 Å². The molecule has 202 valence electrons. The fraction of sp³-hybridized carbons (Fsp3) is 0.483. The van der Waals surface area contributed by atoms with Crippen LogP contribution in [0.25, 0.3) is 0 Å². The van der Waals surface area contributed by atoms with Gasteiger partial charge in [-0.2, -0.15) is 0 Å². The summed E-state index contributed by atoms with van der Waals surface area (Å²) in [5.74, 6) is -2.75. The van der Waals surface area contributed by atoms with E-state index in [1.54, 1.807) is 36.4 Å². The van der Waals surface area contributed by atoms with Crippen molar-refractivity contribution >= 4 is 40.7 Å². The highest BCUT2D eigenvalue weighted by atomic mass is 35.5. The van der Waals surface area contributed by atoms with Crippen LogP contribution in [0.4, 0.5) is 11.4 Å². The Morgan fingerprint density at radius 3 is 2.29 bits per heavy atom. The zero-order chi connectivity index (χ0) is 27.2. The minimum absolute atomic E-state index is 0.126. The van der Waals surface area contributed by atoms with Crippen LogP contribution in [0.5, 0.6) is 0 Å². The van der Waals surface area contributed by atoms with Crippen LogP contribution in [0.1, 0.15) is 40.0 Å². The number of ether oxygens (including phenoxy) is 1. The van der Waals surface area contributed by atoms with Crippen LogP contribution in [-0.2, 0) is 19.1 Å². The minimum atomic E-state index is -1.18. The van der Waals surface area contributed by atoms with Crippen LogP contribution < -0.4 is 10.6 Å². The lowest BCUT2D eigenvalue weighted by atomic mass is 9.65. The molecule has 2 aromatic rings. The summed E-state index contributed by atoms with van der Waals surface area (Å²) in [6, 6.07) is 14.2. The maximum Gasteiger partial charge on any atom is 0.250 e. The first-order valence-corrected chi connectivity index (χ1v) is 13.6. The van der Waals surface area contributed by atoms with E-state index < -0.39 is 41.0 Å². The van der Waals surface area contributed by atoms with Gasteiger partial charge in [-0.15, -0.1) is 0 Å². The van der Waals surface area contributed by atoms with Gasteiger partial charge < -0.3 is 25.4 Å². The number of hydrogen-bond donors (Lipinski definition) is 3. The number of benzene rings is 2. The lowest BCUT2D eigenvalue weighted by Crippen LogP contribution is -2.57. The van der Waals surface area contributed by atoms with Gasteiger partial charge in [-0.3, -0.25) is 14.4 Å². The molecule has 0 saturated carbocycles. The lowest BCUT2D eigenvalue weighted by Gasteiger charge is -2.38. The summed E-state index contributed by atoms with van der Waals surface area (Å²) in [6.07, 6.45) is 1.56. The number of aliphatic hydroxyl groups excluding tert-OH is 1. The highest BCUT2D eigenvalue weighted by Gasteiger charge is 2.79. The number of anilines is 2. The molecule has 3 aliphatic heterocycles. The van der Waals surface area contributed by atoms with E-state index in [2.05, 4.69) is 10.6 Å². The number of hydrogen-bond acceptors (Lipinski definition) is 5. The van der Waals surface area contributed by atoms with Gasteiger partial charge in [-0.25, -0.2) is 0 Å². The zero-order valence-electron chi connectivity index (χ0n) is 21.8. The molecule has 0 radical (unpaired) electrons. The highest BCUT2D eigenvalue weighted by molar-refractivity contribution is 6.30. The Morgan fingerprint density at radius 1 is 1.05 bits per heavy atom. The number of amides is 3. The lowest BCUT2D eigenvalue weighted by molar-refractivity contribution is -0.149. The molecule has 3 N–H and O–H groups in total. The van der Waals surface area contributed by atoms with Crippen molar-refractivity contribution in [3.05, 3.63) is 59.6 Å². The summed E-state index contributed by atoms with van der Waals surface area (Å²) in [6.45, 7) is 5.45. The number of carbonyl (C=O) groups is 3. The quantitative estimate of drug-likeness (QED) is 0.468. The largest absolute Gasteiger partial charge is 0.394 e. The molecule has 3 fully saturated rings. The second kappa shape index (κ2) is 9.98. The maximum atomic E-state index is 14.3. The maximum absolute atomic E-state index is 14.3. The standard InChI is InChI=1S/C29H34ClN3O5/c1-4-28-14-15-29(38-28)23(22(28)25(35)31-19-8-6-5-7-9-19)27(37)33(21(16-34)17(2)3)24(29)26(36)32-20-12-10-18(30)11-13-20/h5-13,17,21-24,34H,4,14-16H2,1-3H3,(H,31,35)(H,32,36)/t21-,22-,23-,24?,28+,29?/m0/s1. The van der Waals surface area contributed by atoms with Crippen LogP contribution in [0, 0.1) is 17.8 Å². The molecule has 1 spiro atoms. The summed E-state index contributed by atoms with van der Waals surface area (Å²) in [4.78, 5) is 43.6. The van der Waals surface area contributed by atoms with E-state index in [4.69, 9.17) is 16.3 Å². The molecule has 5 rings (SSSR count). The van der Waals surface area contributed by atoms with E-state index in [1.165, 1.54) is 4.90 Å². The van der Waals surface area contributed by atoms with Crippen molar-refractivity contribution < 1.29 is 24.2 Å². The van der Waals surface area contributed by atoms with Crippen LogP contribution in [-0.4, -0.2) is 57.6 Å². The van der Waals surface area contributed by atoms with E-state index in [9.17, 15) is 19.5 Å². The first kappa shape index (κ1) is 26.7. The second-order valence-corrected chi connectivity index (χ2v) is 11.4. The highest BCUT2D eigenvalue weighted by Crippen LogP contribution is 2.64. The Morgan fingerprint density at radius 2 is 1.68 bits per heavy atom. The van der Waals surface area contributed by atoms with Crippen LogP contribution in [0.15, 0.2) is 54.6 Å². The number of carbonyl (C=O) groups excluding carboxylic acids is 3. The molecule has 8 nitrogen and oxygen atoms in total. The molecule has 3 saturated heterocycles. The monoisotopic (exact) mass is 539 g/mol. The number of fused-ring (bicyclic) bond motifs is 1. The van der Waals surface area contributed by atoms with Crippen molar-refractivity contribution in [2.24, 2.45) is 17.8 Å². The van der Waals surface area contributed by atoms with Gasteiger partial charge in [0.05, 0.1) is 30.1 Å². The molecule has 0 aromatic heterocycles. The Kier molecular flexibility index (Phi) is 7.00. The van der Waals surface area contributed by atoms with E-state index in [0.717, 1.165) is 0 Å². The molecule has 3 amide bonds. The molecule has 38 heavy (non-hydrogen) atoms. The molecule has 3 heterocycles. The van der Waals surface area contributed by atoms with Crippen molar-refractivity contribution in [3.63, 3.8) is 0 Å². The Balaban J connectivity index is 1.57. The van der Waals surface area contributed by atoms with Gasteiger partial charge in [-0.05, 0) is 61.6 Å². The fourth-order valence-corrected chi connectivity index (χ4v) is 6.94. The van der Waals surface area contributed by atoms with Crippen molar-refractivity contribution in [2.45, 2.75) is 63.3 Å². The number of para-hydroxylation sites is 1. The summed E-state index contributed by atoms with van der Waals surface area (Å²) in [7, 11) is 0. The Labute approximate surface area is 227 Å². The van der Waals surface area contributed by atoms with Crippen LogP contribution in [0.2, 0.25) is 5.02 Å². The number of nitrogens with one attached hydrogen (secondary N) is 2. The van der Waals surface area contributed by atoms with Gasteiger partial charge in [0.25, 0.3) is 0 Å². The third kappa shape index (κ3) is 4.10. The average Bonchev–Trinajstić information content (AvgIpc) is 3.50. The topological polar surface area (TPSA) is 108 Å². The molecular weight excluding hydrogens is 506 g/mol. The predicted octanol–water partition coefficient (Wildman–Crippen LogP) is 4.09. The predicted molar refractivity (Wildman–Crippen MR) is 145 cm³/mol. The molecule has 9 heteroatoms. The third-order valence-corrected chi connectivity index (χ3v) is 8.87. The van der Waals surface area contributed by atoms with Crippen LogP contribution >= 0.6 is 11.6 Å². The normalized spacial score (nSPS) is 30.4. The molecule has 2 unspecified atom stereocenters. The van der Waals surface area contributed by atoms with E-state index in [0.29, 0.717) is 35.7 Å². The van der Waals surface area contributed by atoms with Gasteiger partial charge in [0.15, 0.2) is 0 Å². The number of likely N-dealkylation sites (tertiary alicyclic amines) is 1. The smallest absolute Gasteiger partial charge is 0.250 e. The average molecular weight is 540 g/mol. The molecular formula is C29H34ClN3O5. The number of aliphatic hydroxyl groups is 1. The molecule has 6 atom stereocenters. The van der Waals surface area contributed by atoms with E-state index in [-0.39, 0.29) is 24.3 Å². The molecule has 2 aromatic carbocycles. The number of nitrogens with zero attached hydrogens (tertiary/aromatic N) is 1. The molecule has 0 aliphatic carbocycles. The summed E-state index contributed by atoms with van der Waals surface area (Å²) in [5.41, 5.74) is -0.857. The van der Waals surface area contributed by atoms with Gasteiger partial charge >= 0.3 is 0 Å². The van der Waals surface area contributed by atoms with Crippen molar-refractivity contribution in [2.75, 3.05) is 17.2 Å². The third-order valence-electron chi connectivity index (χ3n) is 8.62. The SMILES string of the molecule is CC[C@]12CCC3(O1)C(C(=O)Nc1ccc(Cl)cc1)N([C@@H](CO)C(C)C)C(=O)[C@@H]3[C@H]2C(=O)Nc1ccccc1. The van der Waals surface area contributed by atoms with Gasteiger partial charge in [0.2, 0.25) is 17.7 Å². The van der Waals surface area contributed by atoms with Crippen molar-refractivity contribution in [1.82, 2.24) is 4.90 Å². The van der Waals surface area contributed by atoms with Gasteiger partial charge in [0, 0.05) is 16.4 Å². The van der Waals surface area contributed by atoms with E-state index >= 15 is 0 Å². The number of halogens is 1. The second-order valence-electron chi connectivity index (χ2n) is 10.9. The minimum Gasteiger partial charge on any atom is -0.394 e. The van der Waals surface area contributed by atoms with Crippen molar-refractivity contribution in [3.8, 4) is 0 Å². The summed E-state index contributed by atoms with van der Waals surface area (Å²) < 4.78 is 6.77.